The fourth-order valence-electron chi connectivity index (χ4n) is 4.98. The standard InChI is InChI=1S/C23H26F3N5O3/c24-23(25,26)34-20-3-1-18(2-4-20)30-10-16-12-31(13-17(16)11-30)19(14-32)7-22(33)29-6-5-21-15(9-29)8-27-28-21/h1-4,8,19,32H,5-7,9-14H2,(H,27,28). The lowest BCUT2D eigenvalue weighted by atomic mass is 10.1. The fraction of sp³-hybridized carbons (Fsp3) is 0.478. The average Bonchev–Trinajstić information content (AvgIpc) is 3.51. The molecule has 1 atom stereocenters. The molecule has 3 aliphatic heterocycles. The third-order valence-electron chi connectivity index (χ3n) is 6.78. The molecule has 2 aromatic rings. The van der Waals surface area contributed by atoms with Gasteiger partial charge in [0.15, 0.2) is 0 Å². The van der Waals surface area contributed by atoms with Crippen LogP contribution in [0.3, 0.4) is 0 Å². The van der Waals surface area contributed by atoms with E-state index >= 15 is 0 Å². The first kappa shape index (κ1) is 22.7. The number of hydrogen-bond donors (Lipinski definition) is 2. The number of aromatic amines is 1. The Morgan fingerprint density at radius 2 is 1.82 bits per heavy atom. The van der Waals surface area contributed by atoms with Crippen LogP contribution in [-0.4, -0.2) is 82.7 Å². The van der Waals surface area contributed by atoms with Gasteiger partial charge in [-0.1, -0.05) is 0 Å². The van der Waals surface area contributed by atoms with Crippen molar-refractivity contribution in [2.75, 3.05) is 44.2 Å². The van der Waals surface area contributed by atoms with Crippen LogP contribution < -0.4 is 9.64 Å². The Morgan fingerprint density at radius 3 is 2.47 bits per heavy atom. The number of aromatic nitrogens is 2. The number of aliphatic hydroxyl groups is 1. The van der Waals surface area contributed by atoms with Crippen molar-refractivity contribution in [1.82, 2.24) is 20.0 Å². The lowest BCUT2D eigenvalue weighted by Crippen LogP contribution is -2.44. The van der Waals surface area contributed by atoms with E-state index in [0.29, 0.717) is 39.3 Å². The van der Waals surface area contributed by atoms with Gasteiger partial charge in [0.25, 0.3) is 0 Å². The van der Waals surface area contributed by atoms with E-state index in [1.807, 2.05) is 4.90 Å². The predicted octanol–water partition coefficient (Wildman–Crippen LogP) is 2.08. The normalized spacial score (nSPS) is 19.4. The SMILES string of the molecule is O=C(CC(CO)N1CC2=C(CN(c3ccc(OC(F)(F)F)cc3)C2)C1)N1CCc2[nH]ncc2C1. The third-order valence-corrected chi connectivity index (χ3v) is 6.78. The average molecular weight is 477 g/mol. The van der Waals surface area contributed by atoms with Crippen LogP contribution in [0.5, 0.6) is 5.75 Å². The minimum atomic E-state index is -4.71. The topological polar surface area (TPSA) is 84.9 Å². The van der Waals surface area contributed by atoms with E-state index in [1.165, 1.54) is 23.3 Å². The molecule has 0 fully saturated rings. The summed E-state index contributed by atoms with van der Waals surface area (Å²) < 4.78 is 41.1. The van der Waals surface area contributed by atoms with Crippen LogP contribution in [-0.2, 0) is 17.8 Å². The molecule has 11 heteroatoms. The molecule has 8 nitrogen and oxygen atoms in total. The summed E-state index contributed by atoms with van der Waals surface area (Å²) in [6.45, 7) is 3.78. The first-order valence-electron chi connectivity index (χ1n) is 11.2. The van der Waals surface area contributed by atoms with E-state index in [0.717, 1.165) is 23.4 Å². The van der Waals surface area contributed by atoms with Crippen LogP contribution in [0.1, 0.15) is 17.7 Å². The maximum absolute atomic E-state index is 12.9. The molecule has 4 heterocycles. The van der Waals surface area contributed by atoms with Crippen molar-refractivity contribution in [3.05, 3.63) is 52.9 Å². The van der Waals surface area contributed by atoms with E-state index in [9.17, 15) is 23.1 Å². The summed E-state index contributed by atoms with van der Waals surface area (Å²) in [7, 11) is 0. The number of ether oxygens (including phenoxy) is 1. The van der Waals surface area contributed by atoms with Gasteiger partial charge in [-0.25, -0.2) is 0 Å². The molecule has 1 aromatic carbocycles. The number of fused-ring (bicyclic) bond motifs is 1. The second-order valence-electron chi connectivity index (χ2n) is 8.99. The van der Waals surface area contributed by atoms with Crippen molar-refractivity contribution in [2.24, 2.45) is 0 Å². The number of alkyl halides is 3. The number of amides is 1. The highest BCUT2D eigenvalue weighted by atomic mass is 19.4. The molecule has 0 aliphatic carbocycles. The van der Waals surface area contributed by atoms with Crippen LogP contribution in [0, 0.1) is 0 Å². The van der Waals surface area contributed by atoms with Gasteiger partial charge in [-0.3, -0.25) is 14.8 Å². The molecule has 5 rings (SSSR count). The Bertz CT molecular complexity index is 1060. The highest BCUT2D eigenvalue weighted by Gasteiger charge is 2.35. The van der Waals surface area contributed by atoms with Gasteiger partial charge >= 0.3 is 6.36 Å². The van der Waals surface area contributed by atoms with Gasteiger partial charge in [-0.15, -0.1) is 13.2 Å². The van der Waals surface area contributed by atoms with Crippen LogP contribution in [0.25, 0.3) is 0 Å². The maximum atomic E-state index is 12.9. The number of nitrogens with zero attached hydrogens (tertiary/aromatic N) is 4. The van der Waals surface area contributed by atoms with Gasteiger partial charge in [-0.05, 0) is 35.4 Å². The number of nitrogens with one attached hydrogen (secondary N) is 1. The maximum Gasteiger partial charge on any atom is 0.573 e. The summed E-state index contributed by atoms with van der Waals surface area (Å²) in [5.41, 5.74) is 5.42. The van der Waals surface area contributed by atoms with Gasteiger partial charge in [0.2, 0.25) is 5.91 Å². The Hall–Kier alpha value is -3.05. The highest BCUT2D eigenvalue weighted by Crippen LogP contribution is 2.32. The molecule has 0 bridgehead atoms. The molecule has 1 aromatic heterocycles. The number of hydrogen-bond acceptors (Lipinski definition) is 6. The second kappa shape index (κ2) is 8.95. The number of rotatable bonds is 6. The predicted molar refractivity (Wildman–Crippen MR) is 117 cm³/mol. The molecule has 1 unspecified atom stereocenters. The summed E-state index contributed by atoms with van der Waals surface area (Å²) in [6, 6.07) is 5.63. The van der Waals surface area contributed by atoms with Gasteiger partial charge in [-0.2, -0.15) is 5.10 Å². The first-order valence-corrected chi connectivity index (χ1v) is 11.2. The fourth-order valence-corrected chi connectivity index (χ4v) is 4.98. The lowest BCUT2D eigenvalue weighted by molar-refractivity contribution is -0.274. The number of anilines is 1. The van der Waals surface area contributed by atoms with Crippen molar-refractivity contribution >= 4 is 11.6 Å². The van der Waals surface area contributed by atoms with Crippen molar-refractivity contribution in [2.45, 2.75) is 31.8 Å². The number of halogens is 3. The number of aliphatic hydroxyl groups excluding tert-OH is 1. The number of benzene rings is 1. The van der Waals surface area contributed by atoms with Crippen LogP contribution in [0.2, 0.25) is 0 Å². The van der Waals surface area contributed by atoms with E-state index in [2.05, 4.69) is 24.7 Å². The Labute approximate surface area is 194 Å². The molecule has 0 spiro atoms. The van der Waals surface area contributed by atoms with Crippen molar-refractivity contribution in [1.29, 1.82) is 0 Å². The summed E-state index contributed by atoms with van der Waals surface area (Å²) in [5.74, 6) is -0.212. The van der Waals surface area contributed by atoms with Crippen molar-refractivity contribution in [3.63, 3.8) is 0 Å². The number of H-pyrrole nitrogens is 1. The van der Waals surface area contributed by atoms with E-state index in [4.69, 9.17) is 0 Å². The largest absolute Gasteiger partial charge is 0.573 e. The smallest absolute Gasteiger partial charge is 0.406 e. The highest BCUT2D eigenvalue weighted by molar-refractivity contribution is 5.77. The molecule has 2 N–H and O–H groups in total. The Morgan fingerprint density at radius 1 is 1.12 bits per heavy atom. The molecule has 34 heavy (non-hydrogen) atoms. The molecular formula is C23H26F3N5O3. The minimum Gasteiger partial charge on any atom is -0.406 e. The number of carbonyl (C=O) groups excluding carboxylic acids is 1. The lowest BCUT2D eigenvalue weighted by Gasteiger charge is -2.32. The second-order valence-corrected chi connectivity index (χ2v) is 8.99. The zero-order chi connectivity index (χ0) is 23.9. The molecule has 1 amide bonds. The molecule has 3 aliphatic rings. The zero-order valence-electron chi connectivity index (χ0n) is 18.5. The van der Waals surface area contributed by atoms with Gasteiger partial charge < -0.3 is 19.6 Å². The molecule has 0 radical (unpaired) electrons. The monoisotopic (exact) mass is 477 g/mol. The van der Waals surface area contributed by atoms with Gasteiger partial charge in [0.1, 0.15) is 5.75 Å². The third kappa shape index (κ3) is 4.76. The summed E-state index contributed by atoms with van der Waals surface area (Å²) in [5, 5.41) is 17.0. The van der Waals surface area contributed by atoms with E-state index < -0.39 is 6.36 Å². The summed E-state index contributed by atoms with van der Waals surface area (Å²) in [6.07, 6.45) is -1.93. The zero-order valence-corrected chi connectivity index (χ0v) is 18.5. The number of carbonyl (C=O) groups is 1. The summed E-state index contributed by atoms with van der Waals surface area (Å²) >= 11 is 0. The Balaban J connectivity index is 1.14. The van der Waals surface area contributed by atoms with Gasteiger partial charge in [0.05, 0.1) is 12.8 Å². The van der Waals surface area contributed by atoms with E-state index in [-0.39, 0.29) is 30.7 Å². The molecule has 182 valence electrons. The van der Waals surface area contributed by atoms with Crippen molar-refractivity contribution < 1.29 is 27.8 Å². The van der Waals surface area contributed by atoms with E-state index in [1.54, 1.807) is 18.3 Å². The summed E-state index contributed by atoms with van der Waals surface area (Å²) in [4.78, 5) is 19.0. The molecular weight excluding hydrogens is 451 g/mol. The van der Waals surface area contributed by atoms with Gasteiger partial charge in [0, 0.05) is 75.1 Å². The molecule has 0 saturated heterocycles. The van der Waals surface area contributed by atoms with Crippen LogP contribution in [0.15, 0.2) is 41.6 Å². The molecule has 0 saturated carbocycles. The van der Waals surface area contributed by atoms with Crippen LogP contribution in [0.4, 0.5) is 18.9 Å². The van der Waals surface area contributed by atoms with Crippen molar-refractivity contribution in [3.8, 4) is 5.75 Å². The quantitative estimate of drug-likeness (QED) is 0.620. The first-order chi connectivity index (χ1) is 16.3. The van der Waals surface area contributed by atoms with Crippen LogP contribution >= 0.6 is 0 Å². The minimum absolute atomic E-state index is 0.0285. The Kier molecular flexibility index (Phi) is 5.98.